The van der Waals surface area contributed by atoms with Gasteiger partial charge in [0.1, 0.15) is 11.6 Å². The van der Waals surface area contributed by atoms with Gasteiger partial charge in [-0.3, -0.25) is 9.59 Å². The standard InChI is InChI=1S/C10H15IO2/c11-9-6-2-1-4-8(12)5-3-7-10(9)13/h9H,1-7H2. The van der Waals surface area contributed by atoms with Crippen LogP contribution >= 0.6 is 22.6 Å². The molecule has 1 unspecified atom stereocenters. The van der Waals surface area contributed by atoms with E-state index in [2.05, 4.69) is 22.6 Å². The molecule has 0 saturated heterocycles. The van der Waals surface area contributed by atoms with Gasteiger partial charge in [0.15, 0.2) is 0 Å². The Bertz CT molecular complexity index is 201. The normalized spacial score (nSPS) is 27.3. The van der Waals surface area contributed by atoms with Crippen molar-refractivity contribution >= 4 is 34.2 Å². The van der Waals surface area contributed by atoms with Crippen molar-refractivity contribution in [2.24, 2.45) is 0 Å². The Labute approximate surface area is 92.6 Å². The number of alkyl halides is 1. The molecule has 0 bridgehead atoms. The molecule has 1 atom stereocenters. The largest absolute Gasteiger partial charge is 0.300 e. The highest BCUT2D eigenvalue weighted by Gasteiger charge is 2.16. The fraction of sp³-hybridized carbons (Fsp3) is 0.800. The Kier molecular flexibility index (Phi) is 4.91. The summed E-state index contributed by atoms with van der Waals surface area (Å²) in [7, 11) is 0. The zero-order chi connectivity index (χ0) is 9.68. The second-order valence-corrected chi connectivity index (χ2v) is 5.08. The second kappa shape index (κ2) is 5.73. The van der Waals surface area contributed by atoms with Crippen LogP contribution in [0.5, 0.6) is 0 Å². The molecule has 0 aliphatic heterocycles. The van der Waals surface area contributed by atoms with Crippen LogP contribution in [0.1, 0.15) is 44.9 Å². The first kappa shape index (κ1) is 11.1. The van der Waals surface area contributed by atoms with Crippen molar-refractivity contribution in [2.45, 2.75) is 48.9 Å². The van der Waals surface area contributed by atoms with E-state index in [1.807, 2.05) is 0 Å². The number of rotatable bonds is 0. The second-order valence-electron chi connectivity index (χ2n) is 3.57. The van der Waals surface area contributed by atoms with Crippen LogP contribution in [0, 0.1) is 0 Å². The Morgan fingerprint density at radius 1 is 1.00 bits per heavy atom. The molecule has 1 rings (SSSR count). The summed E-state index contributed by atoms with van der Waals surface area (Å²) in [4.78, 5) is 22.6. The molecule has 1 saturated carbocycles. The molecule has 13 heavy (non-hydrogen) atoms. The van der Waals surface area contributed by atoms with Crippen molar-refractivity contribution in [1.82, 2.24) is 0 Å². The summed E-state index contributed by atoms with van der Waals surface area (Å²) in [5.41, 5.74) is 0. The van der Waals surface area contributed by atoms with Crippen LogP contribution < -0.4 is 0 Å². The Hall–Kier alpha value is 0.0700. The molecule has 0 radical (unpaired) electrons. The molecular weight excluding hydrogens is 279 g/mol. The zero-order valence-electron chi connectivity index (χ0n) is 7.72. The van der Waals surface area contributed by atoms with Gasteiger partial charge in [0.2, 0.25) is 0 Å². The van der Waals surface area contributed by atoms with Gasteiger partial charge in [-0.15, -0.1) is 0 Å². The molecule has 0 amide bonds. The maximum absolute atomic E-state index is 11.4. The first-order chi connectivity index (χ1) is 6.20. The van der Waals surface area contributed by atoms with Crippen LogP contribution in [0.25, 0.3) is 0 Å². The molecule has 0 aromatic rings. The van der Waals surface area contributed by atoms with Gasteiger partial charge < -0.3 is 0 Å². The molecule has 0 aromatic carbocycles. The van der Waals surface area contributed by atoms with Crippen molar-refractivity contribution in [1.29, 1.82) is 0 Å². The fourth-order valence-electron chi connectivity index (χ4n) is 1.55. The van der Waals surface area contributed by atoms with E-state index in [4.69, 9.17) is 0 Å². The van der Waals surface area contributed by atoms with Gasteiger partial charge in [-0.05, 0) is 19.3 Å². The summed E-state index contributed by atoms with van der Waals surface area (Å²) in [5, 5.41) is 0. The predicted molar refractivity (Wildman–Crippen MR) is 60.1 cm³/mol. The molecule has 0 heterocycles. The summed E-state index contributed by atoms with van der Waals surface area (Å²) >= 11 is 2.23. The van der Waals surface area contributed by atoms with Gasteiger partial charge in [-0.25, -0.2) is 0 Å². The number of ketones is 2. The molecule has 1 aliphatic carbocycles. The lowest BCUT2D eigenvalue weighted by atomic mass is 9.99. The predicted octanol–water partition coefficient (Wildman–Crippen LogP) is 2.67. The maximum atomic E-state index is 11.4. The van der Waals surface area contributed by atoms with E-state index in [0.29, 0.717) is 24.4 Å². The topological polar surface area (TPSA) is 34.1 Å². The van der Waals surface area contributed by atoms with Gasteiger partial charge >= 0.3 is 0 Å². The molecule has 0 N–H and O–H groups in total. The summed E-state index contributed by atoms with van der Waals surface area (Å²) in [5.74, 6) is 0.662. The third-order valence-electron chi connectivity index (χ3n) is 2.39. The smallest absolute Gasteiger partial charge is 0.145 e. The fourth-order valence-corrected chi connectivity index (χ4v) is 2.30. The van der Waals surface area contributed by atoms with Crippen molar-refractivity contribution in [3.63, 3.8) is 0 Å². The van der Waals surface area contributed by atoms with Crippen molar-refractivity contribution in [3.05, 3.63) is 0 Å². The van der Waals surface area contributed by atoms with Gasteiger partial charge in [-0.2, -0.15) is 0 Å². The lowest BCUT2D eigenvalue weighted by molar-refractivity contribution is -0.120. The highest BCUT2D eigenvalue weighted by atomic mass is 127. The molecule has 0 aromatic heterocycles. The highest BCUT2D eigenvalue weighted by Crippen LogP contribution is 2.18. The van der Waals surface area contributed by atoms with Crippen LogP contribution in [-0.4, -0.2) is 15.5 Å². The van der Waals surface area contributed by atoms with Gasteiger partial charge in [0.05, 0.1) is 3.92 Å². The Balaban J connectivity index is 2.41. The molecule has 2 nitrogen and oxygen atoms in total. The number of carbonyl (C=O) groups is 2. The highest BCUT2D eigenvalue weighted by molar-refractivity contribution is 14.1. The number of halogens is 1. The maximum Gasteiger partial charge on any atom is 0.145 e. The van der Waals surface area contributed by atoms with Crippen LogP contribution in [0.4, 0.5) is 0 Å². The third kappa shape index (κ3) is 4.20. The first-order valence-corrected chi connectivity index (χ1v) is 6.13. The zero-order valence-corrected chi connectivity index (χ0v) is 9.88. The van der Waals surface area contributed by atoms with E-state index in [1.165, 1.54) is 0 Å². The van der Waals surface area contributed by atoms with Crippen molar-refractivity contribution < 1.29 is 9.59 Å². The number of hydrogen-bond donors (Lipinski definition) is 0. The minimum absolute atomic E-state index is 0.186. The molecule has 3 heteroatoms. The van der Waals surface area contributed by atoms with E-state index in [0.717, 1.165) is 32.1 Å². The van der Waals surface area contributed by atoms with Crippen LogP contribution in [-0.2, 0) is 9.59 Å². The van der Waals surface area contributed by atoms with E-state index in [-0.39, 0.29) is 3.92 Å². The summed E-state index contributed by atoms with van der Waals surface area (Å²) < 4.78 is 0.186. The number of carbonyl (C=O) groups excluding carboxylic acids is 2. The van der Waals surface area contributed by atoms with Gasteiger partial charge in [0, 0.05) is 19.3 Å². The van der Waals surface area contributed by atoms with Crippen LogP contribution in [0.15, 0.2) is 0 Å². The Morgan fingerprint density at radius 3 is 2.46 bits per heavy atom. The number of hydrogen-bond acceptors (Lipinski definition) is 2. The SMILES string of the molecule is O=C1CCCCC(I)C(=O)CCC1. The lowest BCUT2D eigenvalue weighted by Crippen LogP contribution is -2.15. The third-order valence-corrected chi connectivity index (χ3v) is 3.71. The molecule has 0 spiro atoms. The Morgan fingerprint density at radius 2 is 1.69 bits per heavy atom. The monoisotopic (exact) mass is 294 g/mol. The molecule has 74 valence electrons. The van der Waals surface area contributed by atoms with E-state index in [9.17, 15) is 9.59 Å². The van der Waals surface area contributed by atoms with Crippen molar-refractivity contribution in [2.75, 3.05) is 0 Å². The summed E-state index contributed by atoms with van der Waals surface area (Å²) in [6.45, 7) is 0. The average molecular weight is 294 g/mol. The molecule has 1 aliphatic rings. The van der Waals surface area contributed by atoms with E-state index in [1.54, 1.807) is 0 Å². The summed E-state index contributed by atoms with van der Waals surface area (Å²) in [6, 6.07) is 0. The quantitative estimate of drug-likeness (QED) is 0.508. The lowest BCUT2D eigenvalue weighted by Gasteiger charge is -2.10. The average Bonchev–Trinajstić information content (AvgIpc) is 2.11. The van der Waals surface area contributed by atoms with Crippen LogP contribution in [0.3, 0.4) is 0 Å². The van der Waals surface area contributed by atoms with E-state index >= 15 is 0 Å². The van der Waals surface area contributed by atoms with E-state index < -0.39 is 0 Å². The molecular formula is C10H15IO2. The summed E-state index contributed by atoms with van der Waals surface area (Å²) in [6.07, 6.45) is 5.62. The minimum atomic E-state index is 0.186. The van der Waals surface area contributed by atoms with Gasteiger partial charge in [0.25, 0.3) is 0 Å². The van der Waals surface area contributed by atoms with Crippen LogP contribution in [0.2, 0.25) is 0 Å². The molecule has 1 fully saturated rings. The first-order valence-electron chi connectivity index (χ1n) is 4.88. The van der Waals surface area contributed by atoms with Crippen molar-refractivity contribution in [3.8, 4) is 0 Å². The van der Waals surface area contributed by atoms with Gasteiger partial charge in [-0.1, -0.05) is 29.0 Å². The number of Topliss-reactive ketones (excluding diaryl/α,β-unsaturated/α-hetero) is 2. The minimum Gasteiger partial charge on any atom is -0.300 e.